The van der Waals surface area contributed by atoms with Crippen LogP contribution in [-0.2, 0) is 27.0 Å². The van der Waals surface area contributed by atoms with Crippen LogP contribution in [0, 0.1) is 0 Å². The third-order valence-electron chi connectivity index (χ3n) is 2.16. The van der Waals surface area contributed by atoms with Gasteiger partial charge >= 0.3 is 18.3 Å². The quantitative estimate of drug-likeness (QED) is 0.786. The minimum atomic E-state index is -4.86. The molecule has 1 aromatic rings. The summed E-state index contributed by atoms with van der Waals surface area (Å²) in [7, 11) is 0. The molecule has 0 fully saturated rings. The molecule has 0 aliphatic heterocycles. The van der Waals surface area contributed by atoms with Crippen LogP contribution in [0.1, 0.15) is 33.4 Å². The van der Waals surface area contributed by atoms with Crippen molar-refractivity contribution in [2.75, 3.05) is 6.61 Å². The minimum Gasteiger partial charge on any atom is -0.459 e. The molecule has 0 aromatic carbocycles. The molecule has 0 saturated carbocycles. The van der Waals surface area contributed by atoms with E-state index in [0.717, 1.165) is 6.20 Å². The van der Waals surface area contributed by atoms with E-state index in [1.54, 1.807) is 20.8 Å². The molecule has 10 heteroatoms. The number of alkyl halides is 3. The second-order valence-corrected chi connectivity index (χ2v) is 5.41. The van der Waals surface area contributed by atoms with E-state index in [1.165, 1.54) is 6.92 Å². The average Bonchev–Trinajstić information content (AvgIpc) is 2.68. The zero-order valence-electron chi connectivity index (χ0n) is 13.1. The molecule has 0 bridgehead atoms. The van der Waals surface area contributed by atoms with Crippen LogP contribution in [0.4, 0.5) is 18.0 Å². The Morgan fingerprint density at radius 2 is 1.87 bits per heavy atom. The molecule has 0 aliphatic carbocycles. The summed E-state index contributed by atoms with van der Waals surface area (Å²) >= 11 is 0. The first-order valence-electron chi connectivity index (χ1n) is 6.63. The molecule has 0 radical (unpaired) electrons. The predicted molar refractivity (Wildman–Crippen MR) is 70.7 cm³/mol. The van der Waals surface area contributed by atoms with E-state index in [9.17, 15) is 22.8 Å². The molecule has 0 amide bonds. The van der Waals surface area contributed by atoms with Crippen LogP contribution >= 0.6 is 0 Å². The Labute approximate surface area is 130 Å². The lowest BCUT2D eigenvalue weighted by molar-refractivity contribution is -0.156. The van der Waals surface area contributed by atoms with Gasteiger partial charge in [-0.1, -0.05) is 0 Å². The smallest absolute Gasteiger partial charge is 0.459 e. The van der Waals surface area contributed by atoms with Crippen LogP contribution in [0.25, 0.3) is 0 Å². The second-order valence-electron chi connectivity index (χ2n) is 5.41. The Kier molecular flexibility index (Phi) is 5.62. The van der Waals surface area contributed by atoms with Crippen LogP contribution in [-0.4, -0.2) is 34.1 Å². The summed E-state index contributed by atoms with van der Waals surface area (Å²) in [5.74, 6) is -1.63. The number of rotatable bonds is 4. The van der Waals surface area contributed by atoms with Gasteiger partial charge in [-0.2, -0.15) is 18.3 Å². The Bertz CT molecular complexity index is 575. The molecular weight excluding hydrogens is 321 g/mol. The van der Waals surface area contributed by atoms with E-state index >= 15 is 0 Å². The van der Waals surface area contributed by atoms with Crippen molar-refractivity contribution in [3.63, 3.8) is 0 Å². The van der Waals surface area contributed by atoms with Gasteiger partial charge in [-0.05, 0) is 27.7 Å². The summed E-state index contributed by atoms with van der Waals surface area (Å²) in [6, 6.07) is 0. The highest BCUT2D eigenvalue weighted by molar-refractivity contribution is 5.69. The zero-order chi connectivity index (χ0) is 17.8. The van der Waals surface area contributed by atoms with Gasteiger partial charge in [-0.3, -0.25) is 9.48 Å². The monoisotopic (exact) mass is 338 g/mol. The molecule has 0 N–H and O–H groups in total. The Hall–Kier alpha value is -2.26. The van der Waals surface area contributed by atoms with Crippen LogP contribution in [0.3, 0.4) is 0 Å². The number of hydrogen-bond acceptors (Lipinski definition) is 6. The number of aromatic nitrogens is 2. The Balaban J connectivity index is 2.96. The van der Waals surface area contributed by atoms with E-state index in [4.69, 9.17) is 4.74 Å². The van der Waals surface area contributed by atoms with Gasteiger partial charge in [0.25, 0.3) is 0 Å². The molecule has 23 heavy (non-hydrogen) atoms. The minimum absolute atomic E-state index is 0.0633. The van der Waals surface area contributed by atoms with Gasteiger partial charge in [0.1, 0.15) is 12.1 Å². The molecule has 1 heterocycles. The van der Waals surface area contributed by atoms with Crippen LogP contribution in [0.15, 0.2) is 6.20 Å². The fourth-order valence-corrected chi connectivity index (χ4v) is 1.50. The molecular formula is C13H17F3N2O5. The average molecular weight is 338 g/mol. The SMILES string of the molecule is CCOC(=O)Oc1cn(CC(=O)OC(C)(C)C)nc1C(F)(F)F. The normalized spacial score (nSPS) is 12.0. The van der Waals surface area contributed by atoms with Crippen LogP contribution in [0.2, 0.25) is 0 Å². The topological polar surface area (TPSA) is 79.7 Å². The molecule has 7 nitrogen and oxygen atoms in total. The van der Waals surface area contributed by atoms with E-state index in [-0.39, 0.29) is 6.61 Å². The van der Waals surface area contributed by atoms with Crippen molar-refractivity contribution >= 4 is 12.1 Å². The van der Waals surface area contributed by atoms with Gasteiger partial charge in [0.2, 0.25) is 5.69 Å². The number of ether oxygens (including phenoxy) is 3. The first-order chi connectivity index (χ1) is 10.4. The fraction of sp³-hybridized carbons (Fsp3) is 0.615. The summed E-state index contributed by atoms with van der Waals surface area (Å²) in [4.78, 5) is 22.8. The lowest BCUT2D eigenvalue weighted by Gasteiger charge is -2.19. The van der Waals surface area contributed by atoms with Gasteiger partial charge in [0.15, 0.2) is 5.75 Å². The fourth-order valence-electron chi connectivity index (χ4n) is 1.50. The molecule has 0 atom stereocenters. The summed E-state index contributed by atoms with van der Waals surface area (Å²) in [5.41, 5.74) is -2.23. The highest BCUT2D eigenvalue weighted by atomic mass is 19.4. The summed E-state index contributed by atoms with van der Waals surface area (Å²) in [6.07, 6.45) is -5.38. The van der Waals surface area contributed by atoms with Gasteiger partial charge in [0.05, 0.1) is 12.8 Å². The maximum Gasteiger partial charge on any atom is 0.513 e. The molecule has 130 valence electrons. The Morgan fingerprint density at radius 3 is 2.35 bits per heavy atom. The Morgan fingerprint density at radius 1 is 1.26 bits per heavy atom. The number of esters is 1. The zero-order valence-corrected chi connectivity index (χ0v) is 13.1. The molecule has 0 unspecified atom stereocenters. The van der Waals surface area contributed by atoms with E-state index in [2.05, 4.69) is 14.6 Å². The van der Waals surface area contributed by atoms with Crippen LogP contribution < -0.4 is 4.74 Å². The number of carbonyl (C=O) groups is 2. The van der Waals surface area contributed by atoms with E-state index < -0.39 is 41.9 Å². The number of halogens is 3. The lowest BCUT2D eigenvalue weighted by Crippen LogP contribution is -2.26. The first-order valence-corrected chi connectivity index (χ1v) is 6.63. The summed E-state index contributed by atoms with van der Waals surface area (Å²) in [5, 5.41) is 3.22. The van der Waals surface area contributed by atoms with Crippen molar-refractivity contribution < 1.29 is 37.0 Å². The highest BCUT2D eigenvalue weighted by Crippen LogP contribution is 2.35. The number of nitrogens with zero attached hydrogens (tertiary/aromatic N) is 2. The van der Waals surface area contributed by atoms with Crippen molar-refractivity contribution in [1.82, 2.24) is 9.78 Å². The van der Waals surface area contributed by atoms with Crippen LogP contribution in [0.5, 0.6) is 5.75 Å². The van der Waals surface area contributed by atoms with Gasteiger partial charge in [-0.15, -0.1) is 0 Å². The summed E-state index contributed by atoms with van der Waals surface area (Å²) in [6.45, 7) is 5.69. The molecule has 1 rings (SSSR count). The first kappa shape index (κ1) is 18.8. The molecule has 1 aromatic heterocycles. The molecule has 0 aliphatic rings. The van der Waals surface area contributed by atoms with Crippen molar-refractivity contribution in [2.24, 2.45) is 0 Å². The molecule has 0 saturated heterocycles. The van der Waals surface area contributed by atoms with Crippen molar-refractivity contribution in [1.29, 1.82) is 0 Å². The maximum atomic E-state index is 12.9. The van der Waals surface area contributed by atoms with Gasteiger partial charge in [0, 0.05) is 0 Å². The lowest BCUT2D eigenvalue weighted by atomic mass is 10.2. The van der Waals surface area contributed by atoms with Crippen molar-refractivity contribution in [3.05, 3.63) is 11.9 Å². The number of hydrogen-bond donors (Lipinski definition) is 0. The van der Waals surface area contributed by atoms with Gasteiger partial charge < -0.3 is 14.2 Å². The van der Waals surface area contributed by atoms with Crippen molar-refractivity contribution in [2.45, 2.75) is 46.0 Å². The van der Waals surface area contributed by atoms with Crippen molar-refractivity contribution in [3.8, 4) is 5.75 Å². The van der Waals surface area contributed by atoms with E-state index in [1.807, 2.05) is 0 Å². The second kappa shape index (κ2) is 6.88. The third kappa shape index (κ3) is 6.17. The third-order valence-corrected chi connectivity index (χ3v) is 2.16. The number of carbonyl (C=O) groups excluding carboxylic acids is 2. The highest BCUT2D eigenvalue weighted by Gasteiger charge is 2.39. The van der Waals surface area contributed by atoms with E-state index in [0.29, 0.717) is 4.68 Å². The maximum absolute atomic E-state index is 12.9. The standard InChI is InChI=1S/C13H17F3N2O5/c1-5-21-11(20)22-8-6-18(17-10(8)13(14,15)16)7-9(19)23-12(2,3)4/h6H,5,7H2,1-4H3. The summed E-state index contributed by atoms with van der Waals surface area (Å²) < 4.78 is 53.2. The van der Waals surface area contributed by atoms with Gasteiger partial charge in [-0.25, -0.2) is 4.79 Å². The predicted octanol–water partition coefficient (Wildman–Crippen LogP) is 2.78. The molecule has 0 spiro atoms. The largest absolute Gasteiger partial charge is 0.513 e.